The largest absolute Gasteiger partial charge is 0.481 e. The SMILES string of the molecule is CCc1ccc2oc(-c3ccc(Cl)cc3)cc(=NCCCC(=O)O)c2c1. The number of rotatable bonds is 6. The van der Waals surface area contributed by atoms with E-state index in [4.69, 9.17) is 21.1 Å². The van der Waals surface area contributed by atoms with Crippen LogP contribution in [0.15, 0.2) is 57.9 Å². The van der Waals surface area contributed by atoms with Crippen LogP contribution in [0.2, 0.25) is 5.02 Å². The molecule has 0 aliphatic rings. The lowest BCUT2D eigenvalue weighted by Gasteiger charge is -2.07. The highest BCUT2D eigenvalue weighted by atomic mass is 35.5. The van der Waals surface area contributed by atoms with E-state index in [0.29, 0.717) is 23.7 Å². The van der Waals surface area contributed by atoms with Crippen LogP contribution in [-0.4, -0.2) is 17.6 Å². The van der Waals surface area contributed by atoms with Crippen molar-refractivity contribution in [3.05, 3.63) is 64.5 Å². The van der Waals surface area contributed by atoms with Crippen LogP contribution in [0, 0.1) is 0 Å². The number of hydrogen-bond acceptors (Lipinski definition) is 3. The molecule has 1 aromatic heterocycles. The zero-order chi connectivity index (χ0) is 18.5. The molecule has 5 heteroatoms. The maximum atomic E-state index is 10.7. The first-order valence-electron chi connectivity index (χ1n) is 8.62. The fraction of sp³-hybridized carbons (Fsp3) is 0.238. The van der Waals surface area contributed by atoms with Crippen LogP contribution in [0.4, 0.5) is 0 Å². The molecule has 134 valence electrons. The summed E-state index contributed by atoms with van der Waals surface area (Å²) in [5.74, 6) is -0.0985. The van der Waals surface area contributed by atoms with Gasteiger partial charge in [0, 0.05) is 35.0 Å². The predicted octanol–water partition coefficient (Wildman–Crippen LogP) is 5.08. The van der Waals surface area contributed by atoms with E-state index < -0.39 is 5.97 Å². The van der Waals surface area contributed by atoms with E-state index in [1.165, 1.54) is 5.56 Å². The topological polar surface area (TPSA) is 62.8 Å². The molecule has 4 nitrogen and oxygen atoms in total. The van der Waals surface area contributed by atoms with Gasteiger partial charge in [0.25, 0.3) is 0 Å². The first-order chi connectivity index (χ1) is 12.6. The number of fused-ring (bicyclic) bond motifs is 1. The Morgan fingerprint density at radius 1 is 1.15 bits per heavy atom. The van der Waals surface area contributed by atoms with Crippen LogP contribution in [0.3, 0.4) is 0 Å². The van der Waals surface area contributed by atoms with E-state index in [9.17, 15) is 4.79 Å². The molecule has 0 bridgehead atoms. The molecule has 3 aromatic rings. The van der Waals surface area contributed by atoms with Gasteiger partial charge in [0.2, 0.25) is 0 Å². The molecule has 0 saturated heterocycles. The highest BCUT2D eigenvalue weighted by Gasteiger charge is 2.07. The molecule has 0 fully saturated rings. The average Bonchev–Trinajstić information content (AvgIpc) is 2.65. The Labute approximate surface area is 156 Å². The number of carboxylic acids is 1. The number of aliphatic carboxylic acids is 1. The Kier molecular flexibility index (Phi) is 5.74. The quantitative estimate of drug-likeness (QED) is 0.616. The minimum absolute atomic E-state index is 0.114. The van der Waals surface area contributed by atoms with Gasteiger partial charge in [0.05, 0.1) is 5.36 Å². The summed E-state index contributed by atoms with van der Waals surface area (Å²) in [4.78, 5) is 15.3. The van der Waals surface area contributed by atoms with Crippen molar-refractivity contribution in [2.45, 2.75) is 26.2 Å². The smallest absolute Gasteiger partial charge is 0.303 e. The molecule has 1 N–H and O–H groups in total. The second-order valence-electron chi connectivity index (χ2n) is 6.07. The molecule has 0 spiro atoms. The molecule has 0 aliphatic carbocycles. The normalized spacial score (nSPS) is 11.8. The number of hydrogen-bond donors (Lipinski definition) is 1. The fourth-order valence-electron chi connectivity index (χ4n) is 2.75. The van der Waals surface area contributed by atoms with Crippen molar-refractivity contribution < 1.29 is 14.3 Å². The van der Waals surface area contributed by atoms with E-state index >= 15 is 0 Å². The third kappa shape index (κ3) is 4.33. The molecule has 0 radical (unpaired) electrons. The van der Waals surface area contributed by atoms with Crippen LogP contribution >= 0.6 is 11.6 Å². The first kappa shape index (κ1) is 18.2. The predicted molar refractivity (Wildman–Crippen MR) is 103 cm³/mol. The fourth-order valence-corrected chi connectivity index (χ4v) is 2.88. The van der Waals surface area contributed by atoms with Crippen molar-refractivity contribution in [3.8, 4) is 11.3 Å². The molecule has 1 heterocycles. The van der Waals surface area contributed by atoms with Gasteiger partial charge in [-0.3, -0.25) is 9.79 Å². The number of aryl methyl sites for hydroxylation is 1. The molecule has 0 amide bonds. The maximum absolute atomic E-state index is 10.7. The number of benzene rings is 2. The van der Waals surface area contributed by atoms with Gasteiger partial charge in [-0.15, -0.1) is 0 Å². The molecule has 0 unspecified atom stereocenters. The maximum Gasteiger partial charge on any atom is 0.303 e. The molecule has 0 aliphatic heterocycles. The summed E-state index contributed by atoms with van der Waals surface area (Å²) >= 11 is 5.97. The van der Waals surface area contributed by atoms with Crippen LogP contribution in [0.25, 0.3) is 22.3 Å². The van der Waals surface area contributed by atoms with Gasteiger partial charge < -0.3 is 9.52 Å². The van der Waals surface area contributed by atoms with E-state index in [2.05, 4.69) is 18.0 Å². The van der Waals surface area contributed by atoms with Crippen LogP contribution in [-0.2, 0) is 11.2 Å². The Hall–Kier alpha value is -2.59. The summed E-state index contributed by atoms with van der Waals surface area (Å²) in [5.41, 5.74) is 2.87. The Balaban J connectivity index is 2.09. The van der Waals surface area contributed by atoms with Gasteiger partial charge >= 0.3 is 5.97 Å². The third-order valence-electron chi connectivity index (χ3n) is 4.18. The number of carboxylic acid groups (broad SMARTS) is 1. The summed E-state index contributed by atoms with van der Waals surface area (Å²) in [6.07, 6.45) is 1.54. The lowest BCUT2D eigenvalue weighted by Crippen LogP contribution is -2.06. The summed E-state index contributed by atoms with van der Waals surface area (Å²) in [6, 6.07) is 15.5. The minimum Gasteiger partial charge on any atom is -0.481 e. The third-order valence-corrected chi connectivity index (χ3v) is 4.43. The van der Waals surface area contributed by atoms with Gasteiger partial charge in [-0.2, -0.15) is 0 Å². The van der Waals surface area contributed by atoms with Crippen LogP contribution in [0.5, 0.6) is 0 Å². The minimum atomic E-state index is -0.803. The van der Waals surface area contributed by atoms with Crippen molar-refractivity contribution in [1.82, 2.24) is 0 Å². The van der Waals surface area contributed by atoms with Crippen molar-refractivity contribution in [2.75, 3.05) is 6.54 Å². The second-order valence-corrected chi connectivity index (χ2v) is 6.50. The van der Waals surface area contributed by atoms with E-state index in [-0.39, 0.29) is 6.42 Å². The molecular formula is C21H20ClNO3. The van der Waals surface area contributed by atoms with E-state index in [1.807, 2.05) is 42.5 Å². The Morgan fingerprint density at radius 2 is 1.92 bits per heavy atom. The summed E-state index contributed by atoms with van der Waals surface area (Å²) < 4.78 is 6.08. The highest BCUT2D eigenvalue weighted by molar-refractivity contribution is 6.30. The highest BCUT2D eigenvalue weighted by Crippen LogP contribution is 2.24. The van der Waals surface area contributed by atoms with Gasteiger partial charge in [0.15, 0.2) is 0 Å². The summed E-state index contributed by atoms with van der Waals surface area (Å²) in [5, 5.41) is 11.2. The van der Waals surface area contributed by atoms with Crippen molar-refractivity contribution in [3.63, 3.8) is 0 Å². The summed E-state index contributed by atoms with van der Waals surface area (Å²) in [7, 11) is 0. The average molecular weight is 370 g/mol. The lowest BCUT2D eigenvalue weighted by atomic mass is 10.1. The molecular weight excluding hydrogens is 350 g/mol. The van der Waals surface area contributed by atoms with Gasteiger partial charge in [0.1, 0.15) is 11.3 Å². The molecule has 2 aromatic carbocycles. The zero-order valence-corrected chi connectivity index (χ0v) is 15.3. The number of nitrogens with zero attached hydrogens (tertiary/aromatic N) is 1. The number of halogens is 1. The molecule has 0 atom stereocenters. The van der Waals surface area contributed by atoms with E-state index in [1.54, 1.807) is 0 Å². The van der Waals surface area contributed by atoms with Gasteiger partial charge in [-0.1, -0.05) is 24.6 Å². The van der Waals surface area contributed by atoms with Gasteiger partial charge in [-0.25, -0.2) is 0 Å². The first-order valence-corrected chi connectivity index (χ1v) is 8.99. The number of carbonyl (C=O) groups is 1. The second kappa shape index (κ2) is 8.19. The molecule has 0 saturated carbocycles. The van der Waals surface area contributed by atoms with Gasteiger partial charge in [-0.05, 0) is 54.8 Å². The molecule has 26 heavy (non-hydrogen) atoms. The zero-order valence-electron chi connectivity index (χ0n) is 14.5. The summed E-state index contributed by atoms with van der Waals surface area (Å²) in [6.45, 7) is 2.56. The Morgan fingerprint density at radius 3 is 2.62 bits per heavy atom. The van der Waals surface area contributed by atoms with Crippen molar-refractivity contribution in [1.29, 1.82) is 0 Å². The van der Waals surface area contributed by atoms with Crippen molar-refractivity contribution in [2.24, 2.45) is 4.99 Å². The standard InChI is InChI=1S/C21H20ClNO3/c1-2-14-5-10-19-17(12-14)18(23-11-3-4-21(24)25)13-20(26-19)15-6-8-16(22)9-7-15/h5-10,12-13H,2-4,11H2,1H3,(H,24,25). The monoisotopic (exact) mass is 369 g/mol. The lowest BCUT2D eigenvalue weighted by molar-refractivity contribution is -0.137. The van der Waals surface area contributed by atoms with Crippen molar-refractivity contribution >= 4 is 28.5 Å². The Bertz CT molecular complexity index is 990. The molecule has 3 rings (SSSR count). The van der Waals surface area contributed by atoms with Crippen LogP contribution in [0.1, 0.15) is 25.3 Å². The van der Waals surface area contributed by atoms with E-state index in [0.717, 1.165) is 28.3 Å². The van der Waals surface area contributed by atoms with Crippen LogP contribution < -0.4 is 5.36 Å².